The molecule has 2 aromatic heterocycles. The molecule has 0 radical (unpaired) electrons. The lowest BCUT2D eigenvalue weighted by Gasteiger charge is -2.34. The van der Waals surface area contributed by atoms with Gasteiger partial charge in [-0.05, 0) is 42.0 Å². The summed E-state index contributed by atoms with van der Waals surface area (Å²) in [5.74, 6) is 0.771. The highest BCUT2D eigenvalue weighted by Crippen LogP contribution is 2.28. The summed E-state index contributed by atoms with van der Waals surface area (Å²) in [5, 5.41) is 11.2. The van der Waals surface area contributed by atoms with Crippen LogP contribution in [0.4, 0.5) is 5.82 Å². The average Bonchev–Trinajstić information content (AvgIpc) is 3.26. The van der Waals surface area contributed by atoms with Gasteiger partial charge in [-0.25, -0.2) is 8.42 Å². The van der Waals surface area contributed by atoms with E-state index in [0.717, 1.165) is 27.3 Å². The van der Waals surface area contributed by atoms with E-state index >= 15 is 0 Å². The number of aryl methyl sites for hydroxylation is 1. The minimum Gasteiger partial charge on any atom is -0.352 e. The lowest BCUT2D eigenvalue weighted by molar-refractivity contribution is 0.384. The summed E-state index contributed by atoms with van der Waals surface area (Å²) in [4.78, 5) is 3.09. The number of anilines is 1. The summed E-state index contributed by atoms with van der Waals surface area (Å²) < 4.78 is 27.7. The van der Waals surface area contributed by atoms with Crippen molar-refractivity contribution in [3.05, 3.63) is 71.6 Å². The number of nitrogens with zero attached hydrogens (tertiary/aromatic N) is 4. The Bertz CT molecular complexity index is 1320. The van der Waals surface area contributed by atoms with Crippen molar-refractivity contribution in [1.82, 2.24) is 14.5 Å². The predicted molar refractivity (Wildman–Crippen MR) is 125 cm³/mol. The number of aromatic nitrogens is 2. The van der Waals surface area contributed by atoms with Crippen LogP contribution in [0.5, 0.6) is 0 Å². The van der Waals surface area contributed by atoms with E-state index in [2.05, 4.69) is 39.4 Å². The molecule has 4 aromatic rings. The van der Waals surface area contributed by atoms with Gasteiger partial charge in [0, 0.05) is 36.6 Å². The quantitative estimate of drug-likeness (QED) is 0.467. The largest absolute Gasteiger partial charge is 0.352 e. The molecular formula is C23H22N4O2S2. The first-order valence-corrected chi connectivity index (χ1v) is 12.4. The van der Waals surface area contributed by atoms with Gasteiger partial charge in [0.15, 0.2) is 5.82 Å². The molecule has 1 aliphatic rings. The van der Waals surface area contributed by atoms with Crippen LogP contribution >= 0.6 is 11.3 Å². The van der Waals surface area contributed by atoms with Crippen LogP contribution in [-0.2, 0) is 10.0 Å². The Labute approximate surface area is 185 Å². The molecule has 0 spiro atoms. The Balaban J connectivity index is 1.31. The second-order valence-electron chi connectivity index (χ2n) is 7.56. The number of piperazine rings is 1. The maximum Gasteiger partial charge on any atom is 0.252 e. The summed E-state index contributed by atoms with van der Waals surface area (Å²) >= 11 is 1.32. The predicted octanol–water partition coefficient (Wildman–Crippen LogP) is 4.18. The van der Waals surface area contributed by atoms with Gasteiger partial charge in [0.05, 0.1) is 5.69 Å². The minimum absolute atomic E-state index is 0.415. The van der Waals surface area contributed by atoms with Crippen LogP contribution < -0.4 is 4.90 Å². The summed E-state index contributed by atoms with van der Waals surface area (Å²) in [6.07, 6.45) is 0. The summed E-state index contributed by atoms with van der Waals surface area (Å²) in [6, 6.07) is 21.9. The Morgan fingerprint density at radius 2 is 1.61 bits per heavy atom. The van der Waals surface area contributed by atoms with Crippen molar-refractivity contribution < 1.29 is 8.42 Å². The number of benzene rings is 2. The molecule has 1 aliphatic heterocycles. The average molecular weight is 451 g/mol. The Morgan fingerprint density at radius 3 is 2.32 bits per heavy atom. The van der Waals surface area contributed by atoms with Crippen molar-refractivity contribution in [2.45, 2.75) is 11.1 Å². The van der Waals surface area contributed by atoms with Crippen LogP contribution in [0.15, 0.2) is 70.9 Å². The van der Waals surface area contributed by atoms with Crippen molar-refractivity contribution in [1.29, 1.82) is 0 Å². The van der Waals surface area contributed by atoms with Crippen molar-refractivity contribution in [2.24, 2.45) is 0 Å². The fraction of sp³-hybridized carbons (Fsp3) is 0.217. The zero-order valence-electron chi connectivity index (χ0n) is 17.1. The Morgan fingerprint density at radius 1 is 0.839 bits per heavy atom. The maximum absolute atomic E-state index is 12.8. The van der Waals surface area contributed by atoms with E-state index in [4.69, 9.17) is 0 Å². The summed E-state index contributed by atoms with van der Waals surface area (Å²) in [6.45, 7) is 3.97. The summed E-state index contributed by atoms with van der Waals surface area (Å²) in [5.41, 5.74) is 1.88. The molecule has 2 aromatic carbocycles. The van der Waals surface area contributed by atoms with Gasteiger partial charge in [-0.15, -0.1) is 21.5 Å². The van der Waals surface area contributed by atoms with E-state index in [0.29, 0.717) is 30.4 Å². The highest BCUT2D eigenvalue weighted by Gasteiger charge is 2.30. The molecule has 31 heavy (non-hydrogen) atoms. The number of thiophene rings is 1. The van der Waals surface area contributed by atoms with Crippen molar-refractivity contribution in [3.63, 3.8) is 0 Å². The summed E-state index contributed by atoms with van der Waals surface area (Å²) in [7, 11) is -3.42. The van der Waals surface area contributed by atoms with E-state index in [1.54, 1.807) is 10.4 Å². The van der Waals surface area contributed by atoms with Gasteiger partial charge in [0.2, 0.25) is 0 Å². The lowest BCUT2D eigenvalue weighted by Crippen LogP contribution is -2.48. The molecule has 1 saturated heterocycles. The molecule has 0 atom stereocenters. The van der Waals surface area contributed by atoms with Crippen LogP contribution in [0.25, 0.3) is 22.0 Å². The first-order valence-electron chi connectivity index (χ1n) is 10.2. The highest BCUT2D eigenvalue weighted by molar-refractivity contribution is 7.91. The van der Waals surface area contributed by atoms with E-state index < -0.39 is 10.0 Å². The number of hydrogen-bond acceptors (Lipinski definition) is 6. The molecule has 1 fully saturated rings. The van der Waals surface area contributed by atoms with Crippen molar-refractivity contribution in [2.75, 3.05) is 31.1 Å². The Hall–Kier alpha value is -2.81. The zero-order chi connectivity index (χ0) is 21.4. The van der Waals surface area contributed by atoms with Gasteiger partial charge >= 0.3 is 0 Å². The van der Waals surface area contributed by atoms with E-state index in [1.165, 1.54) is 16.7 Å². The molecule has 0 unspecified atom stereocenters. The van der Waals surface area contributed by atoms with E-state index in [1.807, 2.05) is 43.3 Å². The third-order valence-corrected chi connectivity index (χ3v) is 8.96. The first kappa shape index (κ1) is 20.1. The molecule has 6 nitrogen and oxygen atoms in total. The van der Waals surface area contributed by atoms with Crippen molar-refractivity contribution >= 4 is 38.0 Å². The number of rotatable bonds is 4. The minimum atomic E-state index is -3.42. The molecular weight excluding hydrogens is 428 g/mol. The van der Waals surface area contributed by atoms with E-state index in [-0.39, 0.29) is 0 Å². The molecule has 5 rings (SSSR count). The van der Waals surface area contributed by atoms with Gasteiger partial charge in [-0.3, -0.25) is 0 Å². The van der Waals surface area contributed by atoms with Crippen LogP contribution in [0.3, 0.4) is 0 Å². The van der Waals surface area contributed by atoms with Crippen LogP contribution in [0, 0.1) is 6.92 Å². The SMILES string of the molecule is Cc1ccc(S(=O)(=O)N2CCN(c3ccc(-c4cccc5ccccc45)nn3)CC2)s1. The van der Waals surface area contributed by atoms with Gasteiger partial charge in [-0.2, -0.15) is 4.31 Å². The highest BCUT2D eigenvalue weighted by atomic mass is 32.2. The second kappa shape index (κ2) is 8.03. The normalized spacial score (nSPS) is 15.5. The number of hydrogen-bond donors (Lipinski definition) is 0. The van der Waals surface area contributed by atoms with Crippen LogP contribution in [-0.4, -0.2) is 49.1 Å². The van der Waals surface area contributed by atoms with E-state index in [9.17, 15) is 8.42 Å². The standard InChI is InChI=1S/C23H22N4O2S2/c1-17-9-12-23(30-17)31(28,29)27-15-13-26(14-16-27)22-11-10-21(24-25-22)20-8-4-6-18-5-2-3-7-19(18)20/h2-12H,13-16H2,1H3. The smallest absolute Gasteiger partial charge is 0.252 e. The molecule has 3 heterocycles. The molecule has 0 N–H and O–H groups in total. The van der Waals surface area contributed by atoms with Gasteiger partial charge < -0.3 is 4.90 Å². The monoisotopic (exact) mass is 450 g/mol. The van der Waals surface area contributed by atoms with Crippen LogP contribution in [0.1, 0.15) is 4.88 Å². The number of sulfonamides is 1. The fourth-order valence-corrected chi connectivity index (χ4v) is 6.78. The topological polar surface area (TPSA) is 66.4 Å². The lowest BCUT2D eigenvalue weighted by atomic mass is 10.0. The van der Waals surface area contributed by atoms with Gasteiger partial charge in [0.25, 0.3) is 10.0 Å². The maximum atomic E-state index is 12.8. The Kier molecular flexibility index (Phi) is 5.21. The van der Waals surface area contributed by atoms with Crippen molar-refractivity contribution in [3.8, 4) is 11.3 Å². The molecule has 158 valence electrons. The third kappa shape index (κ3) is 3.82. The fourth-order valence-electron chi connectivity index (χ4n) is 3.92. The molecule has 0 amide bonds. The second-order valence-corrected chi connectivity index (χ2v) is 11.0. The van der Waals surface area contributed by atoms with Gasteiger partial charge in [0.1, 0.15) is 4.21 Å². The number of fused-ring (bicyclic) bond motifs is 1. The third-order valence-electron chi connectivity index (χ3n) is 5.59. The van der Waals surface area contributed by atoms with Crippen LogP contribution in [0.2, 0.25) is 0 Å². The molecule has 8 heteroatoms. The zero-order valence-corrected chi connectivity index (χ0v) is 18.7. The molecule has 0 bridgehead atoms. The first-order chi connectivity index (χ1) is 15.0. The molecule has 0 saturated carbocycles. The van der Waals surface area contributed by atoms with Gasteiger partial charge in [-0.1, -0.05) is 42.5 Å². The molecule has 0 aliphatic carbocycles.